The van der Waals surface area contributed by atoms with Gasteiger partial charge in [0.2, 0.25) is 0 Å². The van der Waals surface area contributed by atoms with Crippen LogP contribution in [0.5, 0.6) is 0 Å². The maximum atomic E-state index is 11.6. The Bertz CT molecular complexity index is 593. The molecule has 1 heterocycles. The topological polar surface area (TPSA) is 52.6 Å². The number of ether oxygens (including phenoxy) is 2. The molecule has 1 spiro atoms. The summed E-state index contributed by atoms with van der Waals surface area (Å²) < 4.78 is 12.2. The van der Waals surface area contributed by atoms with Gasteiger partial charge in [0.15, 0.2) is 0 Å². The van der Waals surface area contributed by atoms with Crippen LogP contribution in [0.1, 0.15) is 73.1 Å². The fourth-order valence-electron chi connectivity index (χ4n) is 6.43. The third-order valence-corrected chi connectivity index (χ3v) is 7.69. The van der Waals surface area contributed by atoms with Gasteiger partial charge in [-0.25, -0.2) is 0 Å². The molecule has 2 saturated carbocycles. The Balaban J connectivity index is 1.97. The second kappa shape index (κ2) is 6.14. The summed E-state index contributed by atoms with van der Waals surface area (Å²) in [5.74, 6) is 1.55. The molecular weight excluding hydrogens is 316 g/mol. The van der Waals surface area contributed by atoms with E-state index in [4.69, 9.17) is 9.47 Å². The van der Waals surface area contributed by atoms with Gasteiger partial charge < -0.3 is 9.47 Å². The molecule has 2 aliphatic carbocycles. The van der Waals surface area contributed by atoms with Crippen molar-refractivity contribution in [2.45, 2.75) is 84.8 Å². The zero-order chi connectivity index (χ0) is 18.5. The zero-order valence-corrected chi connectivity index (χ0v) is 16.3. The second-order valence-corrected chi connectivity index (χ2v) is 9.17. The fourth-order valence-corrected chi connectivity index (χ4v) is 6.43. The number of carbonyl (C=O) groups excluding carboxylic acids is 2. The Morgan fingerprint density at radius 2 is 1.92 bits per heavy atom. The quantitative estimate of drug-likeness (QED) is 0.421. The third kappa shape index (κ3) is 2.63. The highest BCUT2D eigenvalue weighted by atomic mass is 16.5. The SMILES string of the molecule is CC(=O)O[C@H]1CC[C@@]2(C)C(CC[C@@H](C)[C@]23CC/C(=C\C=O)O3)C1(C)C. The molecule has 0 aromatic heterocycles. The van der Waals surface area contributed by atoms with Crippen LogP contribution in [0.25, 0.3) is 0 Å². The molecule has 0 N–H and O–H groups in total. The minimum absolute atomic E-state index is 0.0279. The van der Waals surface area contributed by atoms with Crippen LogP contribution in [0.4, 0.5) is 0 Å². The van der Waals surface area contributed by atoms with Crippen molar-refractivity contribution < 1.29 is 19.1 Å². The molecule has 140 valence electrons. The second-order valence-electron chi connectivity index (χ2n) is 9.17. The highest BCUT2D eigenvalue weighted by Gasteiger charge is 2.66. The average Bonchev–Trinajstić information content (AvgIpc) is 2.94. The molecule has 3 fully saturated rings. The number of rotatable bonds is 2. The van der Waals surface area contributed by atoms with Gasteiger partial charge in [-0.05, 0) is 43.9 Å². The average molecular weight is 348 g/mol. The Kier molecular flexibility index (Phi) is 4.53. The standard InChI is InChI=1S/C21H32O4/c1-14-6-7-17-19(3,4)18(24-15(2)23)9-11-20(17,5)21(14)12-8-16(25-21)10-13-22/h10,13-14,17-18H,6-9,11-12H2,1-5H3/b16-10+/t14-,17?,18+,20+,21-/m1/s1. The minimum atomic E-state index is -0.205. The molecule has 0 bridgehead atoms. The molecule has 5 atom stereocenters. The van der Waals surface area contributed by atoms with E-state index in [9.17, 15) is 9.59 Å². The van der Waals surface area contributed by atoms with E-state index in [-0.39, 0.29) is 28.5 Å². The Morgan fingerprint density at radius 1 is 1.20 bits per heavy atom. The Labute approximate surface area is 151 Å². The largest absolute Gasteiger partial charge is 0.491 e. The summed E-state index contributed by atoms with van der Waals surface area (Å²) in [6.07, 6.45) is 8.36. The van der Waals surface area contributed by atoms with Gasteiger partial charge in [-0.2, -0.15) is 0 Å². The maximum absolute atomic E-state index is 11.6. The van der Waals surface area contributed by atoms with E-state index in [2.05, 4.69) is 27.7 Å². The van der Waals surface area contributed by atoms with E-state index in [1.807, 2.05) is 0 Å². The van der Waals surface area contributed by atoms with Gasteiger partial charge >= 0.3 is 5.97 Å². The lowest BCUT2D eigenvalue weighted by Crippen LogP contribution is -2.64. The van der Waals surface area contributed by atoms with Crippen molar-refractivity contribution in [1.29, 1.82) is 0 Å². The van der Waals surface area contributed by atoms with E-state index in [1.54, 1.807) is 6.08 Å². The molecule has 0 radical (unpaired) electrons. The van der Waals surface area contributed by atoms with Crippen molar-refractivity contribution in [2.75, 3.05) is 0 Å². The van der Waals surface area contributed by atoms with Crippen molar-refractivity contribution in [3.8, 4) is 0 Å². The van der Waals surface area contributed by atoms with Gasteiger partial charge in [-0.1, -0.05) is 27.7 Å². The zero-order valence-electron chi connectivity index (χ0n) is 16.3. The first-order valence-electron chi connectivity index (χ1n) is 9.68. The van der Waals surface area contributed by atoms with E-state index >= 15 is 0 Å². The van der Waals surface area contributed by atoms with Crippen molar-refractivity contribution >= 4 is 12.3 Å². The predicted octanol–water partition coefficient (Wildman–Crippen LogP) is 4.42. The molecule has 3 aliphatic rings. The van der Waals surface area contributed by atoms with Crippen molar-refractivity contribution in [3.05, 3.63) is 11.8 Å². The van der Waals surface area contributed by atoms with Gasteiger partial charge in [0.25, 0.3) is 0 Å². The van der Waals surface area contributed by atoms with Gasteiger partial charge in [-0.15, -0.1) is 0 Å². The lowest BCUT2D eigenvalue weighted by molar-refractivity contribution is -0.230. The first-order chi connectivity index (χ1) is 11.7. The fraction of sp³-hybridized carbons (Fsp3) is 0.810. The highest BCUT2D eigenvalue weighted by Crippen LogP contribution is 2.67. The van der Waals surface area contributed by atoms with E-state index in [0.717, 1.165) is 50.6 Å². The number of fused-ring (bicyclic) bond motifs is 2. The van der Waals surface area contributed by atoms with Gasteiger partial charge in [0.05, 0.1) is 0 Å². The molecule has 1 aliphatic heterocycles. The molecule has 0 aromatic rings. The maximum Gasteiger partial charge on any atom is 0.302 e. The summed E-state index contributed by atoms with van der Waals surface area (Å²) >= 11 is 0. The molecule has 4 heteroatoms. The van der Waals surface area contributed by atoms with Crippen LogP contribution in [-0.2, 0) is 19.1 Å². The molecule has 1 saturated heterocycles. The number of hydrogen-bond acceptors (Lipinski definition) is 4. The highest BCUT2D eigenvalue weighted by molar-refractivity contribution is 5.66. The molecule has 0 aromatic carbocycles. The Morgan fingerprint density at radius 3 is 2.56 bits per heavy atom. The lowest BCUT2D eigenvalue weighted by Gasteiger charge is -2.64. The van der Waals surface area contributed by atoms with Gasteiger partial charge in [-0.3, -0.25) is 9.59 Å². The first kappa shape index (κ1) is 18.5. The van der Waals surface area contributed by atoms with Crippen LogP contribution in [0, 0.1) is 22.7 Å². The van der Waals surface area contributed by atoms with Crippen LogP contribution in [-0.4, -0.2) is 24.0 Å². The monoisotopic (exact) mass is 348 g/mol. The smallest absolute Gasteiger partial charge is 0.302 e. The van der Waals surface area contributed by atoms with E-state index in [1.165, 1.54) is 6.92 Å². The summed E-state index contributed by atoms with van der Waals surface area (Å²) in [6.45, 7) is 10.7. The van der Waals surface area contributed by atoms with Crippen molar-refractivity contribution in [1.82, 2.24) is 0 Å². The van der Waals surface area contributed by atoms with Gasteiger partial charge in [0.1, 0.15) is 23.8 Å². The number of allylic oxidation sites excluding steroid dienone is 2. The van der Waals surface area contributed by atoms with E-state index < -0.39 is 0 Å². The van der Waals surface area contributed by atoms with Crippen LogP contribution in [0.15, 0.2) is 11.8 Å². The normalized spacial score (nSPS) is 44.2. The van der Waals surface area contributed by atoms with Crippen LogP contribution in [0.2, 0.25) is 0 Å². The van der Waals surface area contributed by atoms with Crippen LogP contribution < -0.4 is 0 Å². The third-order valence-electron chi connectivity index (χ3n) is 7.69. The molecule has 25 heavy (non-hydrogen) atoms. The van der Waals surface area contributed by atoms with Gasteiger partial charge in [0, 0.05) is 30.3 Å². The van der Waals surface area contributed by atoms with Crippen molar-refractivity contribution in [3.63, 3.8) is 0 Å². The molecule has 1 unspecified atom stereocenters. The summed E-state index contributed by atoms with van der Waals surface area (Å²) in [5, 5.41) is 0. The summed E-state index contributed by atoms with van der Waals surface area (Å²) in [7, 11) is 0. The number of esters is 1. The number of hydrogen-bond donors (Lipinski definition) is 0. The summed E-state index contributed by atoms with van der Waals surface area (Å²) in [4.78, 5) is 22.5. The molecular formula is C21H32O4. The van der Waals surface area contributed by atoms with Crippen molar-refractivity contribution in [2.24, 2.45) is 22.7 Å². The molecule has 3 rings (SSSR count). The van der Waals surface area contributed by atoms with E-state index in [0.29, 0.717) is 11.8 Å². The predicted molar refractivity (Wildman–Crippen MR) is 95.8 cm³/mol. The molecule has 4 nitrogen and oxygen atoms in total. The molecule has 0 amide bonds. The summed E-state index contributed by atoms with van der Waals surface area (Å²) in [6, 6.07) is 0. The number of aldehydes is 1. The lowest BCUT2D eigenvalue weighted by atomic mass is 9.44. The number of carbonyl (C=O) groups is 2. The first-order valence-corrected chi connectivity index (χ1v) is 9.68. The van der Waals surface area contributed by atoms with Crippen LogP contribution >= 0.6 is 0 Å². The summed E-state index contributed by atoms with van der Waals surface area (Å²) in [5.41, 5.74) is -0.251. The Hall–Kier alpha value is -1.32. The van der Waals surface area contributed by atoms with Crippen LogP contribution in [0.3, 0.4) is 0 Å². The minimum Gasteiger partial charge on any atom is -0.491 e.